The summed E-state index contributed by atoms with van der Waals surface area (Å²) in [5.74, 6) is -0.429. The van der Waals surface area contributed by atoms with Gasteiger partial charge in [0.15, 0.2) is 0 Å². The maximum absolute atomic E-state index is 12.2. The Kier molecular flexibility index (Phi) is 1.80. The highest BCUT2D eigenvalue weighted by Crippen LogP contribution is 2.01. The zero-order chi connectivity index (χ0) is 6.69. The van der Waals surface area contributed by atoms with Crippen LogP contribution in [0.15, 0.2) is 18.2 Å². The van der Waals surface area contributed by atoms with Crippen molar-refractivity contribution < 1.29 is 9.50 Å². The van der Waals surface area contributed by atoms with Gasteiger partial charge in [0.25, 0.3) is 0 Å². The number of benzene rings is 1. The van der Waals surface area contributed by atoms with Crippen LogP contribution in [0.1, 0.15) is 5.56 Å². The molecule has 0 heterocycles. The van der Waals surface area contributed by atoms with E-state index in [1.54, 1.807) is 6.07 Å². The molecule has 1 N–H and O–H groups in total. The van der Waals surface area contributed by atoms with Gasteiger partial charge in [-0.3, -0.25) is 0 Å². The van der Waals surface area contributed by atoms with Crippen LogP contribution < -0.4 is 0 Å². The predicted octanol–water partition coefficient (Wildman–Crippen LogP) is 1.12. The van der Waals surface area contributed by atoms with Crippen molar-refractivity contribution in [3.8, 4) is 0 Å². The first kappa shape index (κ1) is 6.23. The molecule has 1 nitrogen and oxygen atoms in total. The van der Waals surface area contributed by atoms with Crippen LogP contribution in [0, 0.1) is 11.9 Å². The lowest BCUT2D eigenvalue weighted by Crippen LogP contribution is -1.82. The van der Waals surface area contributed by atoms with Gasteiger partial charge in [-0.05, 0) is 11.6 Å². The molecule has 1 aromatic carbocycles. The van der Waals surface area contributed by atoms with Crippen molar-refractivity contribution in [3.63, 3.8) is 0 Å². The van der Waals surface area contributed by atoms with Crippen molar-refractivity contribution in [2.75, 3.05) is 0 Å². The number of halogens is 1. The van der Waals surface area contributed by atoms with Crippen LogP contribution in [0.4, 0.5) is 4.39 Å². The molecule has 1 aromatic rings. The molecule has 1 radical (unpaired) electrons. The minimum Gasteiger partial charge on any atom is -0.392 e. The van der Waals surface area contributed by atoms with Gasteiger partial charge in [0, 0.05) is 6.07 Å². The second-order valence-corrected chi connectivity index (χ2v) is 1.70. The van der Waals surface area contributed by atoms with Crippen LogP contribution >= 0.6 is 0 Å². The molecular formula is C7H6FO. The quantitative estimate of drug-likeness (QED) is 0.596. The number of aliphatic hydroxyl groups excluding tert-OH is 1. The molecule has 0 saturated heterocycles. The molecule has 0 atom stereocenters. The van der Waals surface area contributed by atoms with Gasteiger partial charge in [0.1, 0.15) is 5.82 Å². The lowest BCUT2D eigenvalue weighted by molar-refractivity contribution is 0.281. The van der Waals surface area contributed by atoms with Crippen LogP contribution in [-0.2, 0) is 6.61 Å². The van der Waals surface area contributed by atoms with E-state index in [2.05, 4.69) is 6.07 Å². The second kappa shape index (κ2) is 2.60. The van der Waals surface area contributed by atoms with Crippen molar-refractivity contribution in [3.05, 3.63) is 35.6 Å². The molecule has 9 heavy (non-hydrogen) atoms. The average Bonchev–Trinajstić information content (AvgIpc) is 1.88. The van der Waals surface area contributed by atoms with Crippen molar-refractivity contribution in [2.45, 2.75) is 6.61 Å². The van der Waals surface area contributed by atoms with E-state index in [0.717, 1.165) is 0 Å². The Morgan fingerprint density at radius 2 is 2.44 bits per heavy atom. The standard InChI is InChI=1S/C7H6FO/c8-7-3-1-2-6(4-7)5-9/h1-2,4,9H,5H2. The summed E-state index contributed by atoms with van der Waals surface area (Å²) in [5.41, 5.74) is 0.575. The van der Waals surface area contributed by atoms with E-state index in [9.17, 15) is 4.39 Å². The monoisotopic (exact) mass is 125 g/mol. The Balaban J connectivity index is 2.94. The number of rotatable bonds is 1. The summed E-state index contributed by atoms with van der Waals surface area (Å²) in [4.78, 5) is 0. The second-order valence-electron chi connectivity index (χ2n) is 1.70. The highest BCUT2D eigenvalue weighted by molar-refractivity contribution is 5.13. The summed E-state index contributed by atoms with van der Waals surface area (Å²) >= 11 is 0. The average molecular weight is 125 g/mol. The number of aliphatic hydroxyl groups is 1. The van der Waals surface area contributed by atoms with Crippen molar-refractivity contribution >= 4 is 0 Å². The third-order valence-electron chi connectivity index (χ3n) is 1.01. The van der Waals surface area contributed by atoms with Crippen LogP contribution in [0.2, 0.25) is 0 Å². The highest BCUT2D eigenvalue weighted by Gasteiger charge is 1.90. The largest absolute Gasteiger partial charge is 0.392 e. The van der Waals surface area contributed by atoms with E-state index in [1.165, 1.54) is 12.1 Å². The lowest BCUT2D eigenvalue weighted by atomic mass is 10.2. The molecule has 2 heteroatoms. The fourth-order valence-electron chi connectivity index (χ4n) is 0.579. The maximum Gasteiger partial charge on any atom is 0.131 e. The minimum absolute atomic E-state index is 0.119. The van der Waals surface area contributed by atoms with Gasteiger partial charge in [-0.1, -0.05) is 12.1 Å². The first-order valence-corrected chi connectivity index (χ1v) is 2.60. The number of hydrogen-bond donors (Lipinski definition) is 1. The summed E-state index contributed by atoms with van der Waals surface area (Å²) in [6, 6.07) is 6.64. The van der Waals surface area contributed by atoms with Gasteiger partial charge in [0.05, 0.1) is 6.61 Å². The molecule has 1 rings (SSSR count). The molecule has 0 aliphatic carbocycles. The molecule has 0 bridgehead atoms. The van der Waals surface area contributed by atoms with Crippen molar-refractivity contribution in [1.29, 1.82) is 0 Å². The zero-order valence-corrected chi connectivity index (χ0v) is 4.76. The fraction of sp³-hybridized carbons (Fsp3) is 0.143. The summed E-state index contributed by atoms with van der Waals surface area (Å²) in [6.45, 7) is -0.119. The van der Waals surface area contributed by atoms with E-state index in [4.69, 9.17) is 5.11 Å². The highest BCUT2D eigenvalue weighted by atomic mass is 19.1. The molecule has 0 amide bonds. The summed E-state index contributed by atoms with van der Waals surface area (Å²) in [5, 5.41) is 8.48. The predicted molar refractivity (Wildman–Crippen MR) is 31.2 cm³/mol. The van der Waals surface area contributed by atoms with E-state index in [-0.39, 0.29) is 6.61 Å². The van der Waals surface area contributed by atoms with E-state index < -0.39 is 5.82 Å². The molecule has 0 aliphatic heterocycles. The van der Waals surface area contributed by atoms with E-state index in [0.29, 0.717) is 5.56 Å². The van der Waals surface area contributed by atoms with Gasteiger partial charge in [0.2, 0.25) is 0 Å². The Morgan fingerprint density at radius 3 is 2.89 bits per heavy atom. The topological polar surface area (TPSA) is 20.2 Å². The minimum atomic E-state index is -0.429. The number of hydrogen-bond acceptors (Lipinski definition) is 1. The Labute approximate surface area is 52.8 Å². The zero-order valence-electron chi connectivity index (χ0n) is 4.76. The van der Waals surface area contributed by atoms with E-state index >= 15 is 0 Å². The third-order valence-corrected chi connectivity index (χ3v) is 1.01. The van der Waals surface area contributed by atoms with Gasteiger partial charge in [-0.2, -0.15) is 0 Å². The summed E-state index contributed by atoms with van der Waals surface area (Å²) in [7, 11) is 0. The van der Waals surface area contributed by atoms with Gasteiger partial charge < -0.3 is 5.11 Å². The first-order valence-electron chi connectivity index (χ1n) is 2.60. The molecular weight excluding hydrogens is 119 g/mol. The van der Waals surface area contributed by atoms with Crippen molar-refractivity contribution in [1.82, 2.24) is 0 Å². The van der Waals surface area contributed by atoms with Crippen molar-refractivity contribution in [2.24, 2.45) is 0 Å². The smallest absolute Gasteiger partial charge is 0.131 e. The van der Waals surface area contributed by atoms with Crippen LogP contribution in [-0.4, -0.2) is 5.11 Å². The first-order chi connectivity index (χ1) is 4.33. The Morgan fingerprint density at radius 1 is 1.67 bits per heavy atom. The van der Waals surface area contributed by atoms with Crippen LogP contribution in [0.3, 0.4) is 0 Å². The normalized spacial score (nSPS) is 9.56. The van der Waals surface area contributed by atoms with Crippen LogP contribution in [0.25, 0.3) is 0 Å². The molecule has 0 fully saturated rings. The van der Waals surface area contributed by atoms with E-state index in [1.807, 2.05) is 0 Å². The Hall–Kier alpha value is -0.890. The SMILES string of the molecule is OCc1cc[c]c(F)c1. The maximum atomic E-state index is 12.2. The van der Waals surface area contributed by atoms with Gasteiger partial charge >= 0.3 is 0 Å². The molecule has 0 unspecified atom stereocenters. The summed E-state index contributed by atoms with van der Waals surface area (Å²) < 4.78 is 12.2. The Bertz CT molecular complexity index is 198. The van der Waals surface area contributed by atoms with Gasteiger partial charge in [-0.25, -0.2) is 4.39 Å². The van der Waals surface area contributed by atoms with Crippen LogP contribution in [0.5, 0.6) is 0 Å². The lowest BCUT2D eigenvalue weighted by Gasteiger charge is -1.91. The molecule has 47 valence electrons. The molecule has 0 aromatic heterocycles. The molecule has 0 spiro atoms. The van der Waals surface area contributed by atoms with Gasteiger partial charge in [-0.15, -0.1) is 0 Å². The molecule has 0 saturated carbocycles. The molecule has 0 aliphatic rings. The summed E-state index contributed by atoms with van der Waals surface area (Å²) in [6.07, 6.45) is 0. The fourth-order valence-corrected chi connectivity index (χ4v) is 0.579. The third kappa shape index (κ3) is 1.50.